The fourth-order valence-corrected chi connectivity index (χ4v) is 2.73. The Labute approximate surface area is 139 Å². The summed E-state index contributed by atoms with van der Waals surface area (Å²) in [6.07, 6.45) is 1.61. The van der Waals surface area contributed by atoms with Crippen LogP contribution in [0, 0.1) is 0 Å². The number of aromatic nitrogens is 2. The first-order valence-corrected chi connectivity index (χ1v) is 7.75. The average Bonchev–Trinajstić information content (AvgIpc) is 2.85. The highest BCUT2D eigenvalue weighted by Crippen LogP contribution is 2.28. The van der Waals surface area contributed by atoms with Crippen molar-refractivity contribution in [2.24, 2.45) is 0 Å². The third kappa shape index (κ3) is 3.53. The smallest absolute Gasteiger partial charge is 0.215 e. The van der Waals surface area contributed by atoms with Gasteiger partial charge in [0.1, 0.15) is 11.4 Å². The summed E-state index contributed by atoms with van der Waals surface area (Å²) in [4.78, 5) is 12.8. The molecule has 1 aromatic heterocycles. The lowest BCUT2D eigenvalue weighted by molar-refractivity contribution is 0.102. The lowest BCUT2D eigenvalue weighted by atomic mass is 10.1. The van der Waals surface area contributed by atoms with Crippen LogP contribution in [-0.2, 0) is 11.3 Å². The van der Waals surface area contributed by atoms with Crippen molar-refractivity contribution in [1.82, 2.24) is 9.78 Å². The first-order valence-electron chi connectivity index (χ1n) is 6.17. The van der Waals surface area contributed by atoms with E-state index in [4.69, 9.17) is 9.47 Å². The molecule has 2 rings (SSSR count). The van der Waals surface area contributed by atoms with Crippen LogP contribution in [0.4, 0.5) is 0 Å². The molecule has 0 saturated carbocycles. The molecule has 0 aliphatic rings. The Morgan fingerprint density at radius 1 is 1.33 bits per heavy atom. The summed E-state index contributed by atoms with van der Waals surface area (Å²) < 4.78 is 13.4. The van der Waals surface area contributed by atoms with Crippen molar-refractivity contribution in [3.8, 4) is 5.75 Å². The van der Waals surface area contributed by atoms with E-state index in [1.54, 1.807) is 36.2 Å². The van der Waals surface area contributed by atoms with Gasteiger partial charge < -0.3 is 9.47 Å². The van der Waals surface area contributed by atoms with Gasteiger partial charge in [-0.2, -0.15) is 5.10 Å². The largest absolute Gasteiger partial charge is 0.496 e. The number of ketones is 1. The van der Waals surface area contributed by atoms with Gasteiger partial charge in [-0.15, -0.1) is 0 Å². The van der Waals surface area contributed by atoms with Crippen molar-refractivity contribution < 1.29 is 14.3 Å². The zero-order chi connectivity index (χ0) is 15.4. The number of ether oxygens (including phenoxy) is 2. The summed E-state index contributed by atoms with van der Waals surface area (Å²) in [6, 6.07) is 5.29. The second-order valence-electron chi connectivity index (χ2n) is 4.23. The van der Waals surface area contributed by atoms with Crippen LogP contribution in [0.1, 0.15) is 16.1 Å². The number of nitrogens with zero attached hydrogens (tertiary/aromatic N) is 2. The molecule has 0 bridgehead atoms. The monoisotopic (exact) mass is 416 g/mol. The number of rotatable bonds is 6. The molecule has 0 N–H and O–H groups in total. The molecule has 1 aromatic carbocycles. The van der Waals surface area contributed by atoms with E-state index < -0.39 is 0 Å². The van der Waals surface area contributed by atoms with E-state index in [0.29, 0.717) is 34.6 Å². The van der Waals surface area contributed by atoms with E-state index in [1.807, 2.05) is 0 Å². The number of hydrogen-bond acceptors (Lipinski definition) is 4. The molecule has 0 aliphatic heterocycles. The Morgan fingerprint density at radius 2 is 2.10 bits per heavy atom. The van der Waals surface area contributed by atoms with Gasteiger partial charge in [-0.05, 0) is 34.1 Å². The normalized spacial score (nSPS) is 10.7. The van der Waals surface area contributed by atoms with Crippen molar-refractivity contribution in [2.75, 3.05) is 20.8 Å². The molecule has 21 heavy (non-hydrogen) atoms. The van der Waals surface area contributed by atoms with Gasteiger partial charge in [0.05, 0.1) is 36.5 Å². The lowest BCUT2D eigenvalue weighted by Gasteiger charge is -2.10. The highest BCUT2D eigenvalue weighted by molar-refractivity contribution is 9.10. The Bertz CT molecular complexity index is 656. The van der Waals surface area contributed by atoms with Gasteiger partial charge in [-0.1, -0.05) is 15.9 Å². The molecular formula is C14H14Br2N2O3. The van der Waals surface area contributed by atoms with Crippen LogP contribution in [0.5, 0.6) is 5.75 Å². The van der Waals surface area contributed by atoms with Gasteiger partial charge in [0.2, 0.25) is 5.78 Å². The van der Waals surface area contributed by atoms with Crippen molar-refractivity contribution in [3.63, 3.8) is 0 Å². The second kappa shape index (κ2) is 7.20. The summed E-state index contributed by atoms with van der Waals surface area (Å²) in [5, 5.41) is 4.19. The van der Waals surface area contributed by atoms with Gasteiger partial charge >= 0.3 is 0 Å². The minimum absolute atomic E-state index is 0.153. The van der Waals surface area contributed by atoms with Crippen LogP contribution in [0.25, 0.3) is 0 Å². The highest BCUT2D eigenvalue weighted by Gasteiger charge is 2.22. The van der Waals surface area contributed by atoms with Crippen molar-refractivity contribution in [3.05, 3.63) is 44.6 Å². The minimum atomic E-state index is -0.153. The molecular weight excluding hydrogens is 404 g/mol. The summed E-state index contributed by atoms with van der Waals surface area (Å²) in [6.45, 7) is 0.980. The fourth-order valence-electron chi connectivity index (χ4n) is 1.92. The molecule has 1 heterocycles. The molecule has 0 fully saturated rings. The van der Waals surface area contributed by atoms with Gasteiger partial charge in [0.25, 0.3) is 0 Å². The zero-order valence-electron chi connectivity index (χ0n) is 11.6. The zero-order valence-corrected chi connectivity index (χ0v) is 14.8. The standard InChI is InChI=1S/C14H14Br2N2O3/c1-20-6-5-18-13(11(16)8-17-18)14(19)10-4-3-9(15)7-12(10)21-2/h3-4,7-8H,5-6H2,1-2H3. The average molecular weight is 418 g/mol. The van der Waals surface area contributed by atoms with E-state index in [1.165, 1.54) is 7.11 Å². The molecule has 0 unspecified atom stereocenters. The quantitative estimate of drug-likeness (QED) is 0.676. The van der Waals surface area contributed by atoms with E-state index in [9.17, 15) is 4.79 Å². The topological polar surface area (TPSA) is 53.4 Å². The Balaban J connectivity index is 2.43. The molecule has 0 amide bonds. The van der Waals surface area contributed by atoms with E-state index in [2.05, 4.69) is 37.0 Å². The molecule has 0 saturated heterocycles. The number of halogens is 2. The number of carbonyl (C=O) groups is 1. The summed E-state index contributed by atoms with van der Waals surface area (Å²) in [5.41, 5.74) is 0.966. The van der Waals surface area contributed by atoms with E-state index in [0.717, 1.165) is 4.47 Å². The van der Waals surface area contributed by atoms with Crippen LogP contribution in [0.3, 0.4) is 0 Å². The molecule has 0 atom stereocenters. The minimum Gasteiger partial charge on any atom is -0.496 e. The molecule has 5 nitrogen and oxygen atoms in total. The number of benzene rings is 1. The van der Waals surface area contributed by atoms with Crippen molar-refractivity contribution in [1.29, 1.82) is 0 Å². The fraction of sp³-hybridized carbons (Fsp3) is 0.286. The van der Waals surface area contributed by atoms with Crippen molar-refractivity contribution in [2.45, 2.75) is 6.54 Å². The summed E-state index contributed by atoms with van der Waals surface area (Å²) >= 11 is 6.74. The van der Waals surface area contributed by atoms with E-state index in [-0.39, 0.29) is 5.78 Å². The van der Waals surface area contributed by atoms with Crippen LogP contribution in [0.2, 0.25) is 0 Å². The van der Waals surface area contributed by atoms with Gasteiger partial charge in [-0.3, -0.25) is 9.48 Å². The molecule has 112 valence electrons. The molecule has 0 radical (unpaired) electrons. The maximum Gasteiger partial charge on any atom is 0.215 e. The Hall–Kier alpha value is -1.18. The molecule has 0 spiro atoms. The SMILES string of the molecule is COCCn1ncc(Br)c1C(=O)c1ccc(Br)cc1OC. The third-order valence-electron chi connectivity index (χ3n) is 2.93. The highest BCUT2D eigenvalue weighted by atomic mass is 79.9. The first kappa shape index (κ1) is 16.2. The van der Waals surface area contributed by atoms with E-state index >= 15 is 0 Å². The van der Waals surface area contributed by atoms with Crippen LogP contribution in [0.15, 0.2) is 33.3 Å². The predicted octanol–water partition coefficient (Wildman–Crippen LogP) is 3.29. The van der Waals surface area contributed by atoms with Gasteiger partial charge in [-0.25, -0.2) is 0 Å². The third-order valence-corrected chi connectivity index (χ3v) is 4.00. The second-order valence-corrected chi connectivity index (χ2v) is 6.00. The summed E-state index contributed by atoms with van der Waals surface area (Å²) in [7, 11) is 3.15. The first-order chi connectivity index (χ1) is 10.1. The Kier molecular flexibility index (Phi) is 5.55. The lowest BCUT2D eigenvalue weighted by Crippen LogP contribution is -2.15. The van der Waals surface area contributed by atoms with Crippen LogP contribution < -0.4 is 4.74 Å². The number of carbonyl (C=O) groups excluding carboxylic acids is 1. The number of hydrogen-bond donors (Lipinski definition) is 0. The van der Waals surface area contributed by atoms with Crippen LogP contribution >= 0.6 is 31.9 Å². The van der Waals surface area contributed by atoms with Crippen LogP contribution in [-0.4, -0.2) is 36.4 Å². The predicted molar refractivity (Wildman–Crippen MR) is 85.9 cm³/mol. The maximum atomic E-state index is 12.8. The maximum absolute atomic E-state index is 12.8. The van der Waals surface area contributed by atoms with Gasteiger partial charge in [0, 0.05) is 11.6 Å². The van der Waals surface area contributed by atoms with Crippen molar-refractivity contribution >= 4 is 37.6 Å². The molecule has 0 aliphatic carbocycles. The molecule has 2 aromatic rings. The molecule has 7 heteroatoms. The Morgan fingerprint density at radius 3 is 2.76 bits per heavy atom. The summed E-state index contributed by atoms with van der Waals surface area (Å²) in [5.74, 6) is 0.362. The van der Waals surface area contributed by atoms with Gasteiger partial charge in [0.15, 0.2) is 0 Å². The number of methoxy groups -OCH3 is 2.